The highest BCUT2D eigenvalue weighted by Crippen LogP contribution is 2.17. The van der Waals surface area contributed by atoms with Gasteiger partial charge in [0.15, 0.2) is 0 Å². The molecule has 158 valence electrons. The van der Waals surface area contributed by atoms with Gasteiger partial charge in [0.25, 0.3) is 0 Å². The number of piperidine rings is 1. The zero-order valence-electron chi connectivity index (χ0n) is 17.3. The van der Waals surface area contributed by atoms with Crippen LogP contribution in [-0.4, -0.2) is 70.0 Å². The van der Waals surface area contributed by atoms with Gasteiger partial charge in [0.2, 0.25) is 0 Å². The summed E-state index contributed by atoms with van der Waals surface area (Å²) < 4.78 is 5.85. The van der Waals surface area contributed by atoms with Gasteiger partial charge in [-0.15, -0.1) is 0 Å². The van der Waals surface area contributed by atoms with Crippen molar-refractivity contribution in [1.29, 1.82) is 0 Å². The normalized spacial score (nSPS) is 16.8. The Bertz CT molecular complexity index is 720. The lowest BCUT2D eigenvalue weighted by atomic mass is 10.1. The van der Waals surface area contributed by atoms with Crippen molar-refractivity contribution in [1.82, 2.24) is 14.8 Å². The molecule has 0 saturated carbocycles. The van der Waals surface area contributed by atoms with E-state index in [4.69, 9.17) is 4.74 Å². The largest absolute Gasteiger partial charge is 0.491 e. The minimum atomic E-state index is -0.535. The van der Waals surface area contributed by atoms with Gasteiger partial charge < -0.3 is 19.8 Å². The van der Waals surface area contributed by atoms with Crippen LogP contribution in [0.2, 0.25) is 0 Å². The molecule has 29 heavy (non-hydrogen) atoms. The number of benzene rings is 1. The van der Waals surface area contributed by atoms with Crippen molar-refractivity contribution in [2.75, 3.05) is 32.8 Å². The number of aromatic nitrogens is 1. The summed E-state index contributed by atoms with van der Waals surface area (Å²) in [7, 11) is 0. The molecule has 1 atom stereocenters. The molecule has 1 aromatic carbocycles. The van der Waals surface area contributed by atoms with Crippen molar-refractivity contribution in [2.45, 2.75) is 45.1 Å². The molecule has 1 aliphatic rings. The molecule has 1 aromatic heterocycles. The first kappa shape index (κ1) is 21.7. The van der Waals surface area contributed by atoms with E-state index in [0.717, 1.165) is 51.3 Å². The van der Waals surface area contributed by atoms with Crippen LogP contribution in [-0.2, 0) is 13.1 Å². The van der Waals surface area contributed by atoms with E-state index in [1.54, 1.807) is 0 Å². The van der Waals surface area contributed by atoms with Crippen molar-refractivity contribution < 1.29 is 14.9 Å². The molecule has 0 amide bonds. The molecule has 1 aliphatic heterocycles. The Morgan fingerprint density at radius 3 is 2.59 bits per heavy atom. The van der Waals surface area contributed by atoms with E-state index in [0.29, 0.717) is 6.54 Å². The van der Waals surface area contributed by atoms with Crippen LogP contribution >= 0.6 is 0 Å². The van der Waals surface area contributed by atoms with Gasteiger partial charge in [-0.05, 0) is 54.8 Å². The fourth-order valence-electron chi connectivity index (χ4n) is 3.66. The predicted molar refractivity (Wildman–Crippen MR) is 114 cm³/mol. The van der Waals surface area contributed by atoms with Crippen LogP contribution in [0.25, 0.3) is 0 Å². The van der Waals surface area contributed by atoms with Crippen molar-refractivity contribution in [3.05, 3.63) is 59.9 Å². The summed E-state index contributed by atoms with van der Waals surface area (Å²) in [5.41, 5.74) is 2.44. The molecule has 0 radical (unpaired) electrons. The molecule has 2 N–H and O–H groups in total. The molecule has 0 bridgehead atoms. The number of ether oxygens (including phenoxy) is 1. The molecular formula is C23H33N3O3. The third-order valence-corrected chi connectivity index (χ3v) is 5.38. The summed E-state index contributed by atoms with van der Waals surface area (Å²) in [5, 5.41) is 19.9. The molecule has 1 saturated heterocycles. The average molecular weight is 400 g/mol. The minimum absolute atomic E-state index is 0.191. The number of rotatable bonds is 10. The van der Waals surface area contributed by atoms with E-state index < -0.39 is 6.10 Å². The molecule has 0 unspecified atom stereocenters. The highest BCUT2D eigenvalue weighted by atomic mass is 16.5. The second-order valence-electron chi connectivity index (χ2n) is 7.80. The number of β-amino-alcohol motifs (C(OH)–C–C–N with tert-alkyl or cyclic N) is 1. The average Bonchev–Trinajstić information content (AvgIpc) is 2.74. The first-order chi connectivity index (χ1) is 14.1. The van der Waals surface area contributed by atoms with Crippen LogP contribution < -0.4 is 4.74 Å². The molecule has 6 nitrogen and oxygen atoms in total. The topological polar surface area (TPSA) is 69.1 Å². The zero-order valence-corrected chi connectivity index (χ0v) is 17.3. The molecular weight excluding hydrogens is 366 g/mol. The fourth-order valence-corrected chi connectivity index (χ4v) is 3.66. The number of hydrogen-bond donors (Lipinski definition) is 2. The third kappa shape index (κ3) is 7.40. The van der Waals surface area contributed by atoms with Gasteiger partial charge >= 0.3 is 0 Å². The second kappa shape index (κ2) is 11.3. The third-order valence-electron chi connectivity index (χ3n) is 5.38. The predicted octanol–water partition coefficient (Wildman–Crippen LogP) is 2.30. The standard InChI is InChI=1S/C23H33N3O3/c1-2-25(15-19-6-10-24-11-7-19)16-20-4-3-5-23(14-20)29-18-22(28)17-26-12-8-21(27)9-13-26/h3-7,10-11,14,21-22,27-28H,2,8-9,12-13,15-18H2,1H3/t22-/m1/s1. The quantitative estimate of drug-likeness (QED) is 0.639. The Labute approximate surface area is 173 Å². The van der Waals surface area contributed by atoms with Crippen molar-refractivity contribution >= 4 is 0 Å². The molecule has 6 heteroatoms. The monoisotopic (exact) mass is 399 g/mol. The van der Waals surface area contributed by atoms with Crippen LogP contribution in [0.4, 0.5) is 0 Å². The maximum atomic E-state index is 10.3. The van der Waals surface area contributed by atoms with Crippen molar-refractivity contribution in [3.8, 4) is 5.75 Å². The summed E-state index contributed by atoms with van der Waals surface area (Å²) in [6.45, 7) is 7.37. The van der Waals surface area contributed by atoms with Crippen LogP contribution in [0.15, 0.2) is 48.8 Å². The highest BCUT2D eigenvalue weighted by Gasteiger charge is 2.19. The van der Waals surface area contributed by atoms with Crippen molar-refractivity contribution in [3.63, 3.8) is 0 Å². The maximum absolute atomic E-state index is 10.3. The number of hydrogen-bond acceptors (Lipinski definition) is 6. The van der Waals surface area contributed by atoms with E-state index >= 15 is 0 Å². The lowest BCUT2D eigenvalue weighted by Crippen LogP contribution is -2.41. The Morgan fingerprint density at radius 1 is 1.14 bits per heavy atom. The van der Waals surface area contributed by atoms with Crippen LogP contribution in [0.5, 0.6) is 5.75 Å². The Hall–Kier alpha value is -1.99. The number of nitrogens with zero attached hydrogens (tertiary/aromatic N) is 3. The SMILES string of the molecule is CCN(Cc1ccncc1)Cc1cccc(OC[C@H](O)CN2CCC(O)CC2)c1. The first-order valence-corrected chi connectivity index (χ1v) is 10.5. The van der Waals surface area contributed by atoms with Crippen LogP contribution in [0.1, 0.15) is 30.9 Å². The second-order valence-corrected chi connectivity index (χ2v) is 7.80. The zero-order chi connectivity index (χ0) is 20.5. The Morgan fingerprint density at radius 2 is 1.86 bits per heavy atom. The molecule has 3 rings (SSSR count). The molecule has 2 aromatic rings. The lowest BCUT2D eigenvalue weighted by Gasteiger charge is -2.30. The van der Waals surface area contributed by atoms with E-state index in [2.05, 4.69) is 33.8 Å². The summed E-state index contributed by atoms with van der Waals surface area (Å²) >= 11 is 0. The van der Waals surface area contributed by atoms with E-state index in [1.807, 2.05) is 36.7 Å². The Balaban J connectivity index is 1.47. The molecule has 0 spiro atoms. The lowest BCUT2D eigenvalue weighted by molar-refractivity contribution is 0.0337. The molecule has 2 heterocycles. The number of aliphatic hydroxyl groups excluding tert-OH is 2. The smallest absolute Gasteiger partial charge is 0.119 e. The van der Waals surface area contributed by atoms with Gasteiger partial charge in [0.1, 0.15) is 18.5 Å². The number of likely N-dealkylation sites (tertiary alicyclic amines) is 1. The summed E-state index contributed by atoms with van der Waals surface area (Å²) in [6, 6.07) is 12.2. The van der Waals surface area contributed by atoms with Gasteiger partial charge in [-0.2, -0.15) is 0 Å². The summed E-state index contributed by atoms with van der Waals surface area (Å²) in [4.78, 5) is 8.64. The van der Waals surface area contributed by atoms with E-state index in [9.17, 15) is 10.2 Å². The van der Waals surface area contributed by atoms with Gasteiger partial charge in [0, 0.05) is 45.1 Å². The fraction of sp³-hybridized carbons (Fsp3) is 0.522. The maximum Gasteiger partial charge on any atom is 0.119 e. The first-order valence-electron chi connectivity index (χ1n) is 10.5. The van der Waals surface area contributed by atoms with Crippen LogP contribution in [0, 0.1) is 0 Å². The molecule has 1 fully saturated rings. The number of aliphatic hydroxyl groups is 2. The van der Waals surface area contributed by atoms with Gasteiger partial charge in [-0.1, -0.05) is 19.1 Å². The summed E-state index contributed by atoms with van der Waals surface area (Å²) in [6.07, 6.45) is 4.49. The molecule has 0 aliphatic carbocycles. The van der Waals surface area contributed by atoms with Gasteiger partial charge in [-0.25, -0.2) is 0 Å². The van der Waals surface area contributed by atoms with E-state index in [-0.39, 0.29) is 12.7 Å². The Kier molecular flexibility index (Phi) is 8.43. The minimum Gasteiger partial charge on any atom is -0.491 e. The van der Waals surface area contributed by atoms with Gasteiger partial charge in [-0.3, -0.25) is 9.88 Å². The van der Waals surface area contributed by atoms with E-state index in [1.165, 1.54) is 11.1 Å². The summed E-state index contributed by atoms with van der Waals surface area (Å²) in [5.74, 6) is 0.788. The highest BCUT2D eigenvalue weighted by molar-refractivity contribution is 5.28. The number of pyridine rings is 1. The van der Waals surface area contributed by atoms with Crippen molar-refractivity contribution in [2.24, 2.45) is 0 Å². The van der Waals surface area contributed by atoms with Gasteiger partial charge in [0.05, 0.1) is 6.10 Å². The van der Waals surface area contributed by atoms with Crippen LogP contribution in [0.3, 0.4) is 0 Å².